The van der Waals surface area contributed by atoms with E-state index in [9.17, 15) is 0 Å². The number of rotatable bonds is 17. The van der Waals surface area contributed by atoms with Gasteiger partial charge < -0.3 is 31.2 Å². The molecule has 360 valence electrons. The monoisotopic (exact) mass is 969 g/mol. The molecule has 9 heterocycles. The second-order valence-electron chi connectivity index (χ2n) is 12.4. The fourth-order valence-electron chi connectivity index (χ4n) is 4.39. The van der Waals surface area contributed by atoms with Gasteiger partial charge in [0.1, 0.15) is 24.1 Å². The van der Waals surface area contributed by atoms with E-state index in [1.54, 1.807) is 14.0 Å². The van der Waals surface area contributed by atoms with Crippen molar-refractivity contribution in [3.63, 3.8) is 0 Å². The number of aryl methyl sites for hydroxylation is 1. The van der Waals surface area contributed by atoms with Crippen molar-refractivity contribution in [2.24, 2.45) is 0 Å². The summed E-state index contributed by atoms with van der Waals surface area (Å²) in [5, 5.41) is 125. The molecule has 43 nitrogen and oxygen atoms in total. The first-order valence-corrected chi connectivity index (χ1v) is 19.1. The van der Waals surface area contributed by atoms with E-state index in [-0.39, 0.29) is 91.4 Å². The number of nitrogens with one attached hydrogen (secondary N) is 9. The molecule has 15 N–H and O–H groups in total. The van der Waals surface area contributed by atoms with Crippen LogP contribution in [-0.4, -0.2) is 196 Å². The lowest BCUT2D eigenvalue weighted by Crippen LogP contribution is -2.07. The molecule has 9 aromatic heterocycles. The zero-order chi connectivity index (χ0) is 49.5. The van der Waals surface area contributed by atoms with E-state index >= 15 is 0 Å². The number of nitrogens with two attached hydrogens (primary N) is 2. The first-order chi connectivity index (χ1) is 34.1. The summed E-state index contributed by atoms with van der Waals surface area (Å²) < 4.78 is 10.2. The Labute approximate surface area is 385 Å². The zero-order valence-electron chi connectivity index (χ0n) is 35.8. The number of nitrogen functional groups attached to an aromatic ring is 2. The zero-order valence-corrected chi connectivity index (χ0v) is 35.8. The fraction of sp³-hybridized carbons (Fsp3) is 0.333. The Morgan fingerprint density at radius 1 is 0.514 bits per heavy atom. The van der Waals surface area contributed by atoms with Crippen LogP contribution in [0.1, 0.15) is 40.8 Å². The Hall–Kier alpha value is -10.8. The van der Waals surface area contributed by atoms with Crippen LogP contribution < -0.4 is 32.2 Å². The van der Waals surface area contributed by atoms with Crippen molar-refractivity contribution in [1.29, 1.82) is 10.8 Å². The molecule has 9 aromatic rings. The SMILES string of the molecule is COCCOc1n[nH]c(Cc2nnc(Nc3n[nH]c(C)n3)nn2)n1.N#[N+]c1n[nH]c(Cc2nnc(Nc3nc([N+]#N)n[nH]3)nn2)n1.Nc1n[nH]c(Cc2nnc(Nc3n[nH]c(N)n3)nn2)n1.OCCO. The molecule has 0 saturated heterocycles. The summed E-state index contributed by atoms with van der Waals surface area (Å²) in [7, 11) is 1.59. The number of nitrogens with zero attached hydrogens (tertiary/aromatic N) is 28. The highest BCUT2D eigenvalue weighted by atomic mass is 16.5. The molecule has 0 aliphatic heterocycles. The van der Waals surface area contributed by atoms with Gasteiger partial charge in [0.15, 0.2) is 17.5 Å². The van der Waals surface area contributed by atoms with E-state index in [1.165, 1.54) is 0 Å². The standard InChI is InChI=1S/C11H15N11O2.C7H4N15.C7H9N13.C2H6O2/c1-6-12-9(19-15-6)14-10-20-17-8(18-21-10)5-7-13-11(22-16-7)24-4-3-23-2;8-13-5-10-2(15-19-5)1-3-16-21-7(22-17-3)12-4-11-6(14-9)20-18-4;8-4-10-2(13-16-4)1-3-14-19-7(20-15-3)12-6-11-5(9)17-18-6;3-1-2-4/h3-5H2,1-2H3,(H,13,16,22)(H2,12,14,15,19,20,21);8H,1H2,(H,10,15,19);1H2,(H3,8,10,13,16)(H4,9,11,12,17,18,19,20);3-4H,1-2H2/q;+1;;/p+1. The van der Waals surface area contributed by atoms with E-state index in [1.807, 2.05) is 0 Å². The molecule has 0 unspecified atom stereocenters. The van der Waals surface area contributed by atoms with Crippen molar-refractivity contribution >= 4 is 59.5 Å². The van der Waals surface area contributed by atoms with Gasteiger partial charge in [0.2, 0.25) is 23.7 Å². The fourth-order valence-corrected chi connectivity index (χ4v) is 4.39. The molecule has 0 aromatic carbocycles. The lowest BCUT2D eigenvalue weighted by Gasteiger charge is -1.99. The predicted molar refractivity (Wildman–Crippen MR) is 224 cm³/mol. The summed E-state index contributed by atoms with van der Waals surface area (Å²) in [6.07, 6.45) is 0.761. The Morgan fingerprint density at radius 3 is 1.49 bits per heavy atom. The first kappa shape index (κ1) is 48.6. The summed E-state index contributed by atoms with van der Waals surface area (Å²) in [6.45, 7) is 2.36. The normalized spacial score (nSPS) is 10.3. The molecule has 0 atom stereocenters. The van der Waals surface area contributed by atoms with Crippen molar-refractivity contribution in [1.82, 2.24) is 152 Å². The smallest absolute Gasteiger partial charge is 0.460 e. The Kier molecular flexibility index (Phi) is 17.4. The number of aliphatic hydroxyl groups excluding tert-OH is 2. The number of diazo groups is 2. The summed E-state index contributed by atoms with van der Waals surface area (Å²) in [5.74, 6) is 4.36. The van der Waals surface area contributed by atoms with Crippen LogP contribution in [0.5, 0.6) is 6.01 Å². The van der Waals surface area contributed by atoms with Crippen molar-refractivity contribution < 1.29 is 19.7 Å². The largest absolute Gasteiger partial charge is 0.585 e. The van der Waals surface area contributed by atoms with Gasteiger partial charge in [-0.15, -0.1) is 81.6 Å². The first-order valence-electron chi connectivity index (χ1n) is 19.1. The molecule has 0 fully saturated rings. The van der Waals surface area contributed by atoms with Crippen molar-refractivity contribution in [2.45, 2.75) is 26.2 Å². The number of aromatic nitrogens is 30. The van der Waals surface area contributed by atoms with E-state index in [4.69, 9.17) is 41.9 Å². The molecule has 9 rings (SSSR count). The molecule has 0 radical (unpaired) electrons. The van der Waals surface area contributed by atoms with Crippen LogP contribution in [0, 0.1) is 17.7 Å². The third kappa shape index (κ3) is 15.7. The van der Waals surface area contributed by atoms with Crippen molar-refractivity contribution in [3.05, 3.63) is 50.7 Å². The topological polar surface area (TPSA) is 607 Å². The molecule has 43 heteroatoms. The molecule has 0 bridgehead atoms. The number of anilines is 8. The molecular formula is C27H35N39O4+2. The summed E-state index contributed by atoms with van der Waals surface area (Å²) in [4.78, 5) is 29.2. The molecule has 0 saturated carbocycles. The van der Waals surface area contributed by atoms with Crippen LogP contribution >= 0.6 is 0 Å². The van der Waals surface area contributed by atoms with Gasteiger partial charge in [0.25, 0.3) is 23.8 Å². The third-order valence-electron chi connectivity index (χ3n) is 7.17. The third-order valence-corrected chi connectivity index (χ3v) is 7.17. The number of H-pyrrole nitrogens is 6. The summed E-state index contributed by atoms with van der Waals surface area (Å²) in [6, 6.07) is 0.237. The number of aliphatic hydroxyl groups is 2. The maximum atomic E-state index is 8.49. The molecule has 0 aliphatic carbocycles. The Balaban J connectivity index is 0.000000166. The highest BCUT2D eigenvalue weighted by Gasteiger charge is 2.19. The second-order valence-corrected chi connectivity index (χ2v) is 12.4. The molecule has 0 amide bonds. The summed E-state index contributed by atoms with van der Waals surface area (Å²) >= 11 is 0. The number of methoxy groups -OCH3 is 1. The van der Waals surface area contributed by atoms with Crippen LogP contribution in [-0.2, 0) is 24.0 Å². The highest BCUT2D eigenvalue weighted by Crippen LogP contribution is 2.11. The minimum Gasteiger partial charge on any atom is -0.460 e. The lowest BCUT2D eigenvalue weighted by molar-refractivity contribution is 0.141. The number of aromatic amines is 6. The minimum absolute atomic E-state index is 0.0630. The van der Waals surface area contributed by atoms with Crippen LogP contribution in [0.2, 0.25) is 0 Å². The number of hydrogen-bond donors (Lipinski definition) is 13. The van der Waals surface area contributed by atoms with Gasteiger partial charge in [-0.05, 0) is 26.8 Å². The number of ether oxygens (including phenoxy) is 2. The van der Waals surface area contributed by atoms with Crippen LogP contribution in [0.15, 0.2) is 0 Å². The van der Waals surface area contributed by atoms with Crippen LogP contribution in [0.3, 0.4) is 0 Å². The van der Waals surface area contributed by atoms with Gasteiger partial charge in [-0.3, -0.25) is 31.2 Å². The van der Waals surface area contributed by atoms with E-state index < -0.39 is 0 Å². The van der Waals surface area contributed by atoms with Gasteiger partial charge in [-0.1, -0.05) is 0 Å². The maximum absolute atomic E-state index is 8.49. The lowest BCUT2D eigenvalue weighted by atomic mass is 10.4. The average molecular weight is 970 g/mol. The number of hydrogen-bond acceptors (Lipinski definition) is 35. The quantitative estimate of drug-likeness (QED) is 0.0305. The molecule has 0 spiro atoms. The highest BCUT2D eigenvalue weighted by molar-refractivity contribution is 5.44. The molecule has 70 heavy (non-hydrogen) atoms. The van der Waals surface area contributed by atoms with Crippen molar-refractivity contribution in [2.75, 3.05) is 61.0 Å². The van der Waals surface area contributed by atoms with E-state index in [0.29, 0.717) is 60.5 Å². The second kappa shape index (κ2) is 25.0. The summed E-state index contributed by atoms with van der Waals surface area (Å²) in [5.41, 5.74) is 10.8. The van der Waals surface area contributed by atoms with Crippen LogP contribution in [0.25, 0.3) is 9.95 Å². The van der Waals surface area contributed by atoms with Gasteiger partial charge >= 0.3 is 23.9 Å². The van der Waals surface area contributed by atoms with Crippen LogP contribution in [0.4, 0.5) is 59.5 Å². The van der Waals surface area contributed by atoms with Gasteiger partial charge in [0, 0.05) is 17.3 Å². The maximum Gasteiger partial charge on any atom is 0.585 e. The Bertz CT molecular complexity index is 2880. The van der Waals surface area contributed by atoms with Crippen molar-refractivity contribution in [3.8, 4) is 6.01 Å². The minimum atomic E-state index is -0.143. The molecule has 0 aliphatic rings. The predicted octanol–water partition coefficient (Wildman–Crippen LogP) is -4.05. The van der Waals surface area contributed by atoms with Gasteiger partial charge in [-0.2, -0.15) is 30.1 Å². The van der Waals surface area contributed by atoms with E-state index in [2.05, 4.69) is 178 Å². The average Bonchev–Trinajstić information content (AvgIpc) is 4.26. The Morgan fingerprint density at radius 2 is 1.01 bits per heavy atom. The van der Waals surface area contributed by atoms with E-state index in [0.717, 1.165) is 0 Å². The molecular weight excluding hydrogens is 935 g/mol. The van der Waals surface area contributed by atoms with Gasteiger partial charge in [0.05, 0.1) is 49.9 Å². The van der Waals surface area contributed by atoms with Gasteiger partial charge in [-0.25, -0.2) is 5.10 Å².